The molecule has 0 heteroatoms. The van der Waals surface area contributed by atoms with Gasteiger partial charge in [0, 0.05) is 0 Å². The molecule has 0 bridgehead atoms. The smallest absolute Gasteiger partial charge is 0.00881 e. The van der Waals surface area contributed by atoms with Gasteiger partial charge in [-0.3, -0.25) is 0 Å². The third-order valence-electron chi connectivity index (χ3n) is 14.2. The van der Waals surface area contributed by atoms with Gasteiger partial charge in [-0.2, -0.15) is 0 Å². The van der Waals surface area contributed by atoms with Crippen LogP contribution >= 0.6 is 0 Å². The highest BCUT2D eigenvalue weighted by Gasteiger charge is 2.60. The Morgan fingerprint density at radius 1 is 0.250 bits per heavy atom. The van der Waals surface area contributed by atoms with Crippen LogP contribution in [0.5, 0.6) is 0 Å². The predicted octanol–water partition coefficient (Wildman–Crippen LogP) is 10.9. The van der Waals surface area contributed by atoms with Crippen molar-refractivity contribution < 1.29 is 0 Å². The Morgan fingerprint density at radius 3 is 0.438 bits per heavy atom. The lowest BCUT2D eigenvalue weighted by Gasteiger charge is -2.64. The first-order valence-electron chi connectivity index (χ1n) is 13.0. The Balaban J connectivity index is 0.000000320. The minimum absolute atomic E-state index is 0.274. The van der Waals surface area contributed by atoms with E-state index in [0.29, 0.717) is 21.7 Å². The van der Waals surface area contributed by atoms with Gasteiger partial charge < -0.3 is 0 Å². The number of hydrogen-bond donors (Lipinski definition) is 0. The molecule has 0 fully saturated rings. The zero-order valence-corrected chi connectivity index (χ0v) is 26.0. The van der Waals surface area contributed by atoms with Crippen LogP contribution < -0.4 is 0 Å². The summed E-state index contributed by atoms with van der Waals surface area (Å²) in [5, 5.41) is 0. The summed E-state index contributed by atoms with van der Waals surface area (Å²) in [6, 6.07) is 0. The molecule has 0 aliphatic heterocycles. The lowest BCUT2D eigenvalue weighted by Crippen LogP contribution is -2.56. The molecule has 2 aliphatic rings. The first-order valence-corrected chi connectivity index (χ1v) is 13.0. The fourth-order valence-corrected chi connectivity index (χ4v) is 6.88. The van der Waals surface area contributed by atoms with Gasteiger partial charge >= 0.3 is 0 Å². The van der Waals surface area contributed by atoms with Gasteiger partial charge in [-0.05, 0) is 71.0 Å². The highest BCUT2D eigenvalue weighted by Crippen LogP contribution is 2.68. The van der Waals surface area contributed by atoms with Crippen molar-refractivity contribution in [1.82, 2.24) is 0 Å². The van der Waals surface area contributed by atoms with E-state index in [4.69, 9.17) is 0 Å². The van der Waals surface area contributed by atoms with Crippen molar-refractivity contribution in [2.75, 3.05) is 0 Å². The quantitative estimate of drug-likeness (QED) is 0.326. The van der Waals surface area contributed by atoms with Gasteiger partial charge in [0.2, 0.25) is 0 Å². The normalized spacial score (nSPS) is 30.4. The van der Waals surface area contributed by atoms with Gasteiger partial charge in [0.1, 0.15) is 0 Å². The summed E-state index contributed by atoms with van der Waals surface area (Å²) in [6.07, 6.45) is 0. The van der Waals surface area contributed by atoms with Crippen molar-refractivity contribution in [2.24, 2.45) is 43.3 Å². The number of rotatable bonds is 0. The van der Waals surface area contributed by atoms with Crippen LogP contribution in [0.4, 0.5) is 0 Å². The van der Waals surface area contributed by atoms with Crippen molar-refractivity contribution in [3.05, 3.63) is 22.3 Å². The van der Waals surface area contributed by atoms with Crippen LogP contribution in [0, 0.1) is 43.3 Å². The molecule has 0 aromatic rings. The van der Waals surface area contributed by atoms with E-state index < -0.39 is 0 Å². The molecule has 0 heterocycles. The standard InChI is InChI=1S/2C16H30/c2*1-11-12(2)14(5,6)16(9,10)15(7,8)13(11,3)4/h2*1-10H3. The maximum atomic E-state index is 2.44. The SMILES string of the molecule is CC1=C(C)C(C)(C)C(C)(C)C(C)(C)C1(C)C.CC1=C(C)C(C)(C)C(C)(C)C(C)(C)C1(C)C. The van der Waals surface area contributed by atoms with E-state index in [-0.39, 0.29) is 21.7 Å². The summed E-state index contributed by atoms with van der Waals surface area (Å²) in [7, 11) is 0. The zero-order chi connectivity index (χ0) is 26.3. The second-order valence-electron chi connectivity index (χ2n) is 15.5. The molecule has 0 aromatic heterocycles. The second-order valence-corrected chi connectivity index (χ2v) is 15.5. The topological polar surface area (TPSA) is 0 Å². The molecule has 0 N–H and O–H groups in total. The largest absolute Gasteiger partial charge is 0.0676 e. The Labute approximate surface area is 204 Å². The third kappa shape index (κ3) is 3.27. The van der Waals surface area contributed by atoms with E-state index in [1.807, 2.05) is 0 Å². The second kappa shape index (κ2) is 7.49. The fraction of sp³-hybridized carbons (Fsp3) is 0.875. The van der Waals surface area contributed by atoms with Crippen LogP contribution in [0.3, 0.4) is 0 Å². The molecule has 0 aromatic carbocycles. The monoisotopic (exact) mass is 444 g/mol. The maximum Gasteiger partial charge on any atom is -0.00881 e. The van der Waals surface area contributed by atoms with E-state index in [1.54, 1.807) is 22.3 Å². The van der Waals surface area contributed by atoms with Crippen molar-refractivity contribution >= 4 is 0 Å². The Kier molecular flexibility index (Phi) is 6.91. The van der Waals surface area contributed by atoms with Crippen molar-refractivity contribution in [1.29, 1.82) is 0 Å². The molecule has 0 unspecified atom stereocenters. The lowest BCUT2D eigenvalue weighted by atomic mass is 9.40. The number of hydrogen-bond acceptors (Lipinski definition) is 0. The van der Waals surface area contributed by atoms with Gasteiger partial charge in [0.05, 0.1) is 0 Å². The van der Waals surface area contributed by atoms with Crippen LogP contribution in [-0.2, 0) is 0 Å². The van der Waals surface area contributed by atoms with E-state index in [2.05, 4.69) is 138 Å². The molecule has 0 saturated carbocycles. The molecule has 0 saturated heterocycles. The zero-order valence-electron chi connectivity index (χ0n) is 26.0. The first kappa shape index (κ1) is 29.5. The molecule has 188 valence electrons. The van der Waals surface area contributed by atoms with Gasteiger partial charge in [0.15, 0.2) is 0 Å². The summed E-state index contributed by atoms with van der Waals surface area (Å²) in [4.78, 5) is 0. The highest BCUT2D eigenvalue weighted by atomic mass is 14.6. The summed E-state index contributed by atoms with van der Waals surface area (Å²) < 4.78 is 0. The minimum atomic E-state index is 0.274. The molecule has 0 atom stereocenters. The van der Waals surface area contributed by atoms with E-state index in [0.717, 1.165) is 0 Å². The highest BCUT2D eigenvalue weighted by molar-refractivity contribution is 5.34. The average molecular weight is 445 g/mol. The summed E-state index contributed by atoms with van der Waals surface area (Å²) >= 11 is 0. The van der Waals surface area contributed by atoms with E-state index in [9.17, 15) is 0 Å². The van der Waals surface area contributed by atoms with Crippen LogP contribution in [0.2, 0.25) is 0 Å². The Hall–Kier alpha value is -0.520. The van der Waals surface area contributed by atoms with Gasteiger partial charge in [-0.1, -0.05) is 133 Å². The summed E-state index contributed by atoms with van der Waals surface area (Å²) in [5.41, 5.74) is 8.63. The predicted molar refractivity (Wildman–Crippen MR) is 147 cm³/mol. The van der Waals surface area contributed by atoms with E-state index in [1.165, 1.54) is 0 Å². The Bertz CT molecular complexity index is 672. The molecule has 0 spiro atoms. The van der Waals surface area contributed by atoms with Gasteiger partial charge in [-0.25, -0.2) is 0 Å². The fourth-order valence-electron chi connectivity index (χ4n) is 6.88. The van der Waals surface area contributed by atoms with E-state index >= 15 is 0 Å². The third-order valence-corrected chi connectivity index (χ3v) is 14.2. The first-order chi connectivity index (χ1) is 13.6. The summed E-state index contributed by atoms with van der Waals surface area (Å²) in [5.74, 6) is 0. The molecule has 2 aliphatic carbocycles. The van der Waals surface area contributed by atoms with Gasteiger partial charge in [-0.15, -0.1) is 0 Å². The van der Waals surface area contributed by atoms with Crippen LogP contribution in [0.1, 0.15) is 138 Å². The molecule has 32 heavy (non-hydrogen) atoms. The summed E-state index contributed by atoms with van der Waals surface area (Å²) in [6.45, 7) is 48.0. The molecule has 0 amide bonds. The number of allylic oxidation sites excluding steroid dienone is 4. The van der Waals surface area contributed by atoms with Crippen molar-refractivity contribution in [2.45, 2.75) is 138 Å². The molecule has 2 rings (SSSR count). The van der Waals surface area contributed by atoms with Gasteiger partial charge in [0.25, 0.3) is 0 Å². The average Bonchev–Trinajstić information content (AvgIpc) is 2.63. The van der Waals surface area contributed by atoms with Crippen LogP contribution in [0.15, 0.2) is 22.3 Å². The molecule has 0 radical (unpaired) electrons. The maximum absolute atomic E-state index is 2.44. The van der Waals surface area contributed by atoms with Crippen LogP contribution in [-0.4, -0.2) is 0 Å². The molecular formula is C32H60. The Morgan fingerprint density at radius 2 is 0.344 bits per heavy atom. The van der Waals surface area contributed by atoms with Crippen molar-refractivity contribution in [3.8, 4) is 0 Å². The minimum Gasteiger partial charge on any atom is -0.0676 e. The molecular weight excluding hydrogens is 384 g/mol. The van der Waals surface area contributed by atoms with Crippen LogP contribution in [0.25, 0.3) is 0 Å². The van der Waals surface area contributed by atoms with Crippen molar-refractivity contribution in [3.63, 3.8) is 0 Å². The molecule has 0 nitrogen and oxygen atoms in total. The lowest BCUT2D eigenvalue weighted by molar-refractivity contribution is -0.0824.